The zero-order chi connectivity index (χ0) is 12.7. The number of carbonyl (C=O) groups excluding carboxylic acids is 1. The van der Waals surface area contributed by atoms with Crippen molar-refractivity contribution in [1.82, 2.24) is 4.90 Å². The second-order valence-electron chi connectivity index (χ2n) is 4.64. The number of rotatable bonds is 1. The van der Waals surface area contributed by atoms with Crippen LogP contribution in [0.5, 0.6) is 0 Å². The van der Waals surface area contributed by atoms with Gasteiger partial charge in [0, 0.05) is 6.54 Å². The molecule has 0 saturated carbocycles. The monoisotopic (exact) mass is 264 g/mol. The molecule has 18 heavy (non-hydrogen) atoms. The maximum Gasteiger partial charge on any atom is 0.256 e. The molecule has 94 valence electrons. The van der Waals surface area contributed by atoms with Gasteiger partial charge in [0.2, 0.25) is 0 Å². The van der Waals surface area contributed by atoms with Gasteiger partial charge in [-0.05, 0) is 49.7 Å². The molecule has 0 radical (unpaired) electrons. The summed E-state index contributed by atoms with van der Waals surface area (Å²) in [5, 5.41) is 0.510. The van der Waals surface area contributed by atoms with Crippen molar-refractivity contribution in [2.24, 2.45) is 0 Å². The number of amides is 1. The standard InChI is InChI=1S/C13H13FN2OS/c14-9-4-3-5-10(8-9)16-12(17)11-6-1-2-7-15(11)13(16)18/h3-5,8,11H,1-2,6-7H2/t11-/m0/s1. The molecule has 2 saturated heterocycles. The normalized spacial score (nSPS) is 23.5. The SMILES string of the molecule is O=C1[C@@H]2CCCCN2C(=S)N1c1cccc(F)c1. The summed E-state index contributed by atoms with van der Waals surface area (Å²) < 4.78 is 13.3. The molecule has 2 fully saturated rings. The highest BCUT2D eigenvalue weighted by Crippen LogP contribution is 2.30. The third-order valence-electron chi connectivity index (χ3n) is 3.51. The van der Waals surface area contributed by atoms with Gasteiger partial charge in [-0.15, -0.1) is 0 Å². The average Bonchev–Trinajstić information content (AvgIpc) is 2.63. The van der Waals surface area contributed by atoms with Gasteiger partial charge in [0.25, 0.3) is 5.91 Å². The number of fused-ring (bicyclic) bond motifs is 1. The van der Waals surface area contributed by atoms with Gasteiger partial charge in [0.1, 0.15) is 11.9 Å². The lowest BCUT2D eigenvalue weighted by Crippen LogP contribution is -2.38. The fourth-order valence-electron chi connectivity index (χ4n) is 2.64. The Morgan fingerprint density at radius 2 is 2.17 bits per heavy atom. The Labute approximate surface area is 110 Å². The summed E-state index contributed by atoms with van der Waals surface area (Å²) in [6.45, 7) is 0.820. The van der Waals surface area contributed by atoms with Crippen molar-refractivity contribution in [2.75, 3.05) is 11.4 Å². The van der Waals surface area contributed by atoms with Gasteiger partial charge in [0.15, 0.2) is 5.11 Å². The van der Waals surface area contributed by atoms with Gasteiger partial charge in [-0.25, -0.2) is 4.39 Å². The molecular formula is C13H13FN2OS. The Bertz CT molecular complexity index is 495. The number of piperidine rings is 1. The van der Waals surface area contributed by atoms with Crippen molar-refractivity contribution in [3.63, 3.8) is 0 Å². The summed E-state index contributed by atoms with van der Waals surface area (Å²) in [4.78, 5) is 15.8. The average molecular weight is 264 g/mol. The number of benzene rings is 1. The lowest BCUT2D eigenvalue weighted by atomic mass is 10.0. The summed E-state index contributed by atoms with van der Waals surface area (Å²) in [5.41, 5.74) is 0.527. The zero-order valence-corrected chi connectivity index (χ0v) is 10.6. The van der Waals surface area contributed by atoms with Crippen molar-refractivity contribution < 1.29 is 9.18 Å². The van der Waals surface area contributed by atoms with Gasteiger partial charge in [-0.3, -0.25) is 9.69 Å². The van der Waals surface area contributed by atoms with Crippen molar-refractivity contribution in [2.45, 2.75) is 25.3 Å². The van der Waals surface area contributed by atoms with Crippen LogP contribution >= 0.6 is 12.2 Å². The van der Waals surface area contributed by atoms with Crippen LogP contribution in [0.2, 0.25) is 0 Å². The number of carbonyl (C=O) groups is 1. The van der Waals surface area contributed by atoms with Crippen LogP contribution in [0.25, 0.3) is 0 Å². The summed E-state index contributed by atoms with van der Waals surface area (Å²) in [6, 6.07) is 5.88. The van der Waals surface area contributed by atoms with Crippen LogP contribution in [0.4, 0.5) is 10.1 Å². The van der Waals surface area contributed by atoms with Crippen LogP contribution in [0.15, 0.2) is 24.3 Å². The van der Waals surface area contributed by atoms with E-state index in [-0.39, 0.29) is 17.8 Å². The highest BCUT2D eigenvalue weighted by atomic mass is 32.1. The quantitative estimate of drug-likeness (QED) is 0.727. The molecule has 2 aliphatic rings. The molecule has 0 unspecified atom stereocenters. The predicted octanol–water partition coefficient (Wildman–Crippen LogP) is 2.31. The highest BCUT2D eigenvalue weighted by molar-refractivity contribution is 7.80. The minimum atomic E-state index is -0.354. The van der Waals surface area contributed by atoms with Gasteiger partial charge in [-0.1, -0.05) is 6.07 Å². The number of hydrogen-bond acceptors (Lipinski definition) is 2. The molecule has 1 aromatic carbocycles. The van der Waals surface area contributed by atoms with Gasteiger partial charge < -0.3 is 4.90 Å². The largest absolute Gasteiger partial charge is 0.336 e. The van der Waals surface area contributed by atoms with Crippen LogP contribution in [-0.2, 0) is 4.79 Å². The summed E-state index contributed by atoms with van der Waals surface area (Å²) in [7, 11) is 0. The second kappa shape index (κ2) is 4.31. The van der Waals surface area contributed by atoms with E-state index in [2.05, 4.69) is 0 Å². The Balaban J connectivity index is 1.97. The zero-order valence-electron chi connectivity index (χ0n) is 9.80. The second-order valence-corrected chi connectivity index (χ2v) is 5.01. The molecule has 0 bridgehead atoms. The van der Waals surface area contributed by atoms with E-state index in [1.165, 1.54) is 17.0 Å². The van der Waals surface area contributed by atoms with E-state index in [9.17, 15) is 9.18 Å². The van der Waals surface area contributed by atoms with E-state index in [1.807, 2.05) is 4.90 Å². The number of thiocarbonyl (C=S) groups is 1. The Morgan fingerprint density at radius 1 is 1.33 bits per heavy atom. The molecule has 0 aliphatic carbocycles. The van der Waals surface area contributed by atoms with Crippen molar-refractivity contribution in [3.8, 4) is 0 Å². The molecule has 0 spiro atoms. The summed E-state index contributed by atoms with van der Waals surface area (Å²) in [6.07, 6.45) is 2.94. The first-order valence-electron chi connectivity index (χ1n) is 6.08. The molecule has 1 aromatic rings. The minimum absolute atomic E-state index is 0.0229. The van der Waals surface area contributed by atoms with E-state index in [1.54, 1.807) is 12.1 Å². The van der Waals surface area contributed by atoms with E-state index < -0.39 is 0 Å². The molecule has 1 atom stereocenters. The fraction of sp³-hybridized carbons (Fsp3) is 0.385. The lowest BCUT2D eigenvalue weighted by molar-refractivity contribution is -0.120. The summed E-state index contributed by atoms with van der Waals surface area (Å²) >= 11 is 5.35. The van der Waals surface area contributed by atoms with Crippen LogP contribution in [0.1, 0.15) is 19.3 Å². The first-order valence-corrected chi connectivity index (χ1v) is 6.49. The van der Waals surface area contributed by atoms with Gasteiger partial charge in [0.05, 0.1) is 5.69 Å². The number of halogens is 1. The molecular weight excluding hydrogens is 251 g/mol. The lowest BCUT2D eigenvalue weighted by Gasteiger charge is -2.27. The Morgan fingerprint density at radius 3 is 2.89 bits per heavy atom. The maximum absolute atomic E-state index is 13.3. The van der Waals surface area contributed by atoms with Crippen LogP contribution in [0.3, 0.4) is 0 Å². The molecule has 3 rings (SSSR count). The maximum atomic E-state index is 13.3. The summed E-state index contributed by atoms with van der Waals surface area (Å²) in [5.74, 6) is -0.377. The third-order valence-corrected chi connectivity index (χ3v) is 3.93. The van der Waals surface area contributed by atoms with Gasteiger partial charge in [-0.2, -0.15) is 0 Å². The molecule has 5 heteroatoms. The van der Waals surface area contributed by atoms with Crippen molar-refractivity contribution in [1.29, 1.82) is 0 Å². The first kappa shape index (κ1) is 11.6. The van der Waals surface area contributed by atoms with Crippen molar-refractivity contribution >= 4 is 28.9 Å². The molecule has 2 aliphatic heterocycles. The number of anilines is 1. The van der Waals surface area contributed by atoms with E-state index in [4.69, 9.17) is 12.2 Å². The van der Waals surface area contributed by atoms with Crippen LogP contribution in [-0.4, -0.2) is 28.5 Å². The topological polar surface area (TPSA) is 23.6 Å². The third kappa shape index (κ3) is 1.70. The molecule has 0 N–H and O–H groups in total. The molecule has 3 nitrogen and oxygen atoms in total. The Hall–Kier alpha value is -1.49. The number of hydrogen-bond donors (Lipinski definition) is 0. The first-order chi connectivity index (χ1) is 8.68. The minimum Gasteiger partial charge on any atom is -0.336 e. The predicted molar refractivity (Wildman–Crippen MR) is 70.8 cm³/mol. The van der Waals surface area contributed by atoms with Crippen LogP contribution < -0.4 is 4.90 Å². The molecule has 2 heterocycles. The van der Waals surface area contributed by atoms with Crippen molar-refractivity contribution in [3.05, 3.63) is 30.1 Å². The molecule has 1 amide bonds. The van der Waals surface area contributed by atoms with E-state index in [0.717, 1.165) is 25.8 Å². The van der Waals surface area contributed by atoms with Gasteiger partial charge >= 0.3 is 0 Å². The smallest absolute Gasteiger partial charge is 0.256 e. The van der Waals surface area contributed by atoms with E-state index in [0.29, 0.717) is 10.8 Å². The highest BCUT2D eigenvalue weighted by Gasteiger charge is 2.43. The fourth-order valence-corrected chi connectivity index (χ4v) is 3.06. The van der Waals surface area contributed by atoms with E-state index >= 15 is 0 Å². The van der Waals surface area contributed by atoms with Crippen LogP contribution in [0, 0.1) is 5.82 Å². The number of nitrogens with zero attached hydrogens (tertiary/aromatic N) is 2. The molecule has 0 aromatic heterocycles. The Kier molecular flexibility index (Phi) is 2.78.